The van der Waals surface area contributed by atoms with Crippen molar-refractivity contribution in [1.29, 1.82) is 0 Å². The molecule has 1 aliphatic rings. The summed E-state index contributed by atoms with van der Waals surface area (Å²) in [6, 6.07) is 10.2. The van der Waals surface area contributed by atoms with Crippen LogP contribution in [-0.2, 0) is 14.8 Å². The highest BCUT2D eigenvalue weighted by Crippen LogP contribution is 2.25. The smallest absolute Gasteiger partial charge is 0.264 e. The van der Waals surface area contributed by atoms with Gasteiger partial charge in [-0.1, -0.05) is 18.2 Å². The highest BCUT2D eigenvalue weighted by molar-refractivity contribution is 7.93. The second-order valence-corrected chi connectivity index (χ2v) is 8.68. The largest absolute Gasteiger partial charge is 0.376 e. The van der Waals surface area contributed by atoms with Crippen LogP contribution < -0.4 is 9.62 Å². The molecule has 0 unspecified atom stereocenters. The Morgan fingerprint density at radius 1 is 1.36 bits per heavy atom. The summed E-state index contributed by atoms with van der Waals surface area (Å²) in [6.07, 6.45) is 2.00. The van der Waals surface area contributed by atoms with Gasteiger partial charge in [0.1, 0.15) is 0 Å². The van der Waals surface area contributed by atoms with Gasteiger partial charge in [0.15, 0.2) is 0 Å². The molecule has 0 radical (unpaired) electrons. The molecule has 0 spiro atoms. The molecule has 0 bridgehead atoms. The molecule has 2 heterocycles. The zero-order chi connectivity index (χ0) is 17.9. The Labute approximate surface area is 151 Å². The highest BCUT2D eigenvalue weighted by Gasteiger charge is 2.24. The summed E-state index contributed by atoms with van der Waals surface area (Å²) in [7, 11) is -2.20. The van der Waals surface area contributed by atoms with Gasteiger partial charge in [0.25, 0.3) is 15.9 Å². The van der Waals surface area contributed by atoms with Crippen molar-refractivity contribution in [2.24, 2.45) is 0 Å². The maximum Gasteiger partial charge on any atom is 0.264 e. The number of carbonyl (C=O) groups excluding carboxylic acids is 1. The summed E-state index contributed by atoms with van der Waals surface area (Å²) in [5, 5.41) is 4.30. The second kappa shape index (κ2) is 7.55. The third-order valence-electron chi connectivity index (χ3n) is 4.09. The minimum absolute atomic E-state index is 0.0522. The summed E-state index contributed by atoms with van der Waals surface area (Å²) in [6.45, 7) is 1.18. The molecule has 1 saturated heterocycles. The standard InChI is InChI=1S/C17H20N2O4S2/c1-19(13-6-3-2-4-7-13)25(21,22)15-10-16(24-12-15)17(20)18-11-14-8-5-9-23-14/h2-4,6-7,10,12,14H,5,8-9,11H2,1H3,(H,18,20)/t14-/m1/s1. The van der Waals surface area contributed by atoms with Crippen molar-refractivity contribution in [3.63, 3.8) is 0 Å². The van der Waals surface area contributed by atoms with Crippen LogP contribution >= 0.6 is 11.3 Å². The Morgan fingerprint density at radius 3 is 2.80 bits per heavy atom. The maximum absolute atomic E-state index is 12.7. The van der Waals surface area contributed by atoms with E-state index in [4.69, 9.17) is 4.74 Å². The third kappa shape index (κ3) is 4.02. The van der Waals surface area contributed by atoms with Gasteiger partial charge >= 0.3 is 0 Å². The number of hydrogen-bond donors (Lipinski definition) is 1. The lowest BCUT2D eigenvalue weighted by atomic mass is 10.2. The minimum Gasteiger partial charge on any atom is -0.376 e. The first kappa shape index (κ1) is 17.9. The van der Waals surface area contributed by atoms with Crippen LogP contribution in [0.3, 0.4) is 0 Å². The van der Waals surface area contributed by atoms with Gasteiger partial charge in [-0.2, -0.15) is 0 Å². The molecule has 25 heavy (non-hydrogen) atoms. The number of carbonyl (C=O) groups is 1. The number of ether oxygens (including phenoxy) is 1. The van der Waals surface area contributed by atoms with E-state index >= 15 is 0 Å². The van der Waals surface area contributed by atoms with E-state index in [1.165, 1.54) is 22.8 Å². The van der Waals surface area contributed by atoms with Gasteiger partial charge in [0, 0.05) is 25.6 Å². The molecule has 1 amide bonds. The summed E-state index contributed by atoms with van der Waals surface area (Å²) >= 11 is 1.12. The number of nitrogens with one attached hydrogen (secondary N) is 1. The molecule has 2 aromatic rings. The van der Waals surface area contributed by atoms with E-state index in [0.717, 1.165) is 30.8 Å². The zero-order valence-corrected chi connectivity index (χ0v) is 15.5. The monoisotopic (exact) mass is 380 g/mol. The molecule has 134 valence electrons. The van der Waals surface area contributed by atoms with Crippen LogP contribution in [0.25, 0.3) is 0 Å². The quantitative estimate of drug-likeness (QED) is 0.835. The van der Waals surface area contributed by atoms with Crippen LogP contribution in [0, 0.1) is 0 Å². The number of nitrogens with zero attached hydrogens (tertiary/aromatic N) is 1. The van der Waals surface area contributed by atoms with Gasteiger partial charge in [0.05, 0.1) is 21.6 Å². The lowest BCUT2D eigenvalue weighted by Gasteiger charge is -2.18. The molecule has 1 aromatic carbocycles. The molecule has 1 aromatic heterocycles. The molecule has 1 atom stereocenters. The van der Waals surface area contributed by atoms with Crippen molar-refractivity contribution in [3.8, 4) is 0 Å². The Kier molecular flexibility index (Phi) is 5.41. The van der Waals surface area contributed by atoms with Crippen LogP contribution in [0.5, 0.6) is 0 Å². The zero-order valence-electron chi connectivity index (χ0n) is 13.8. The number of anilines is 1. The molecule has 1 fully saturated rings. The Morgan fingerprint density at radius 2 is 2.12 bits per heavy atom. The Hall–Kier alpha value is -1.90. The molecule has 3 rings (SSSR count). The van der Waals surface area contributed by atoms with Crippen LogP contribution in [0.4, 0.5) is 5.69 Å². The maximum atomic E-state index is 12.7. The SMILES string of the molecule is CN(c1ccccc1)S(=O)(=O)c1csc(C(=O)NC[C@H]2CCCO2)c1. The molecule has 8 heteroatoms. The normalized spacial score (nSPS) is 17.4. The van der Waals surface area contributed by atoms with Gasteiger partial charge in [-0.25, -0.2) is 8.42 Å². The number of sulfonamides is 1. The number of para-hydroxylation sites is 1. The summed E-state index contributed by atoms with van der Waals surface area (Å²) < 4.78 is 32.1. The molecular formula is C17H20N2O4S2. The number of hydrogen-bond acceptors (Lipinski definition) is 5. The van der Waals surface area contributed by atoms with E-state index in [-0.39, 0.29) is 16.9 Å². The molecule has 1 aliphatic heterocycles. The lowest BCUT2D eigenvalue weighted by Crippen LogP contribution is -2.31. The third-order valence-corrected chi connectivity index (χ3v) is 6.93. The first-order valence-electron chi connectivity index (χ1n) is 8.01. The predicted molar refractivity (Wildman–Crippen MR) is 97.7 cm³/mol. The van der Waals surface area contributed by atoms with Crippen molar-refractivity contribution in [1.82, 2.24) is 5.32 Å². The van der Waals surface area contributed by atoms with Crippen LogP contribution in [0.2, 0.25) is 0 Å². The van der Waals surface area contributed by atoms with Crippen LogP contribution in [0.1, 0.15) is 22.5 Å². The number of rotatable bonds is 6. The Balaban J connectivity index is 1.70. The van der Waals surface area contributed by atoms with E-state index in [9.17, 15) is 13.2 Å². The minimum atomic E-state index is -3.70. The van der Waals surface area contributed by atoms with Crippen LogP contribution in [-0.4, -0.2) is 40.6 Å². The van der Waals surface area contributed by atoms with E-state index in [1.807, 2.05) is 6.07 Å². The van der Waals surface area contributed by atoms with E-state index in [2.05, 4.69) is 5.32 Å². The van der Waals surface area contributed by atoms with Gasteiger partial charge < -0.3 is 10.1 Å². The first-order valence-corrected chi connectivity index (χ1v) is 10.3. The van der Waals surface area contributed by atoms with Gasteiger partial charge in [-0.15, -0.1) is 11.3 Å². The molecule has 0 aliphatic carbocycles. The topological polar surface area (TPSA) is 75.7 Å². The fourth-order valence-electron chi connectivity index (χ4n) is 2.61. The first-order chi connectivity index (χ1) is 12.0. The van der Waals surface area contributed by atoms with E-state index in [0.29, 0.717) is 17.1 Å². The van der Waals surface area contributed by atoms with Crippen LogP contribution in [0.15, 0.2) is 46.7 Å². The van der Waals surface area contributed by atoms with Gasteiger partial charge in [0.2, 0.25) is 0 Å². The fraction of sp³-hybridized carbons (Fsp3) is 0.353. The highest BCUT2D eigenvalue weighted by atomic mass is 32.2. The average Bonchev–Trinajstić information content (AvgIpc) is 3.31. The number of amides is 1. The Bertz CT molecular complexity index is 827. The van der Waals surface area contributed by atoms with Gasteiger partial charge in [-0.3, -0.25) is 9.10 Å². The van der Waals surface area contributed by atoms with Crippen molar-refractivity contribution in [2.45, 2.75) is 23.8 Å². The van der Waals surface area contributed by atoms with Crippen molar-refractivity contribution in [2.75, 3.05) is 24.5 Å². The van der Waals surface area contributed by atoms with Crippen molar-refractivity contribution in [3.05, 3.63) is 46.7 Å². The molecule has 1 N–H and O–H groups in total. The summed E-state index contributed by atoms with van der Waals surface area (Å²) in [4.78, 5) is 12.7. The molecular weight excluding hydrogens is 360 g/mol. The lowest BCUT2D eigenvalue weighted by molar-refractivity contribution is 0.0861. The summed E-state index contributed by atoms with van der Waals surface area (Å²) in [5.74, 6) is -0.274. The van der Waals surface area contributed by atoms with E-state index in [1.54, 1.807) is 24.3 Å². The number of benzene rings is 1. The second-order valence-electron chi connectivity index (χ2n) is 5.80. The molecule has 0 saturated carbocycles. The summed E-state index contributed by atoms with van der Waals surface area (Å²) in [5.41, 5.74) is 0.568. The average molecular weight is 380 g/mol. The number of thiophene rings is 1. The van der Waals surface area contributed by atoms with Crippen molar-refractivity contribution >= 4 is 33.0 Å². The fourth-order valence-corrected chi connectivity index (χ4v) is 4.98. The van der Waals surface area contributed by atoms with E-state index < -0.39 is 10.0 Å². The predicted octanol–water partition coefficient (Wildman–Crippen LogP) is 2.48. The van der Waals surface area contributed by atoms with Gasteiger partial charge in [-0.05, 0) is 31.0 Å². The van der Waals surface area contributed by atoms with Crippen molar-refractivity contribution < 1.29 is 17.9 Å². The molecule has 6 nitrogen and oxygen atoms in total.